The van der Waals surface area contributed by atoms with Crippen LogP contribution < -0.4 is 15.6 Å². The van der Waals surface area contributed by atoms with Crippen molar-refractivity contribution in [3.63, 3.8) is 0 Å². The topological polar surface area (TPSA) is 67.0 Å². The van der Waals surface area contributed by atoms with Crippen LogP contribution in [-0.4, -0.2) is 34.1 Å². The van der Waals surface area contributed by atoms with Crippen LogP contribution in [0.3, 0.4) is 0 Å². The number of hydrogen-bond acceptors (Lipinski definition) is 4. The first-order valence-electron chi connectivity index (χ1n) is 12.6. The Labute approximate surface area is 206 Å². The molecule has 1 N–H and O–H groups in total. The molecular formula is C28H26F2N4O2. The first-order chi connectivity index (χ1) is 17.3. The zero-order chi connectivity index (χ0) is 24.8. The maximum atomic E-state index is 14.9. The minimum Gasteiger partial charge on any atom is -0.353 e. The van der Waals surface area contributed by atoms with Crippen molar-refractivity contribution in [1.82, 2.24) is 14.9 Å². The molecule has 3 aliphatic carbocycles. The lowest BCUT2D eigenvalue weighted by Crippen LogP contribution is -2.48. The summed E-state index contributed by atoms with van der Waals surface area (Å²) in [4.78, 5) is 33.7. The number of amides is 1. The Bertz CT molecular complexity index is 1540. The summed E-state index contributed by atoms with van der Waals surface area (Å²) in [6, 6.07) is 6.60. The standard InChI is InChI=1S/C28H26F2N4O2/c1-28(12-15-8-16-10-17(13-28)20(16)9-15)32-27(36)21-14-34(23-4-2-18(29)11-22(23)30)26-19(25(21)35)3-5-24(31-26)33-6-7-33/h2-5,11,13-16,20H,6-10,12H2,1H3,(H,32,36). The fourth-order valence-electron chi connectivity index (χ4n) is 6.70. The summed E-state index contributed by atoms with van der Waals surface area (Å²) in [5, 5.41) is 3.34. The van der Waals surface area contributed by atoms with Crippen molar-refractivity contribution >= 4 is 22.8 Å². The fraction of sp³-hybridized carbons (Fsp3) is 0.393. The first kappa shape index (κ1) is 21.7. The van der Waals surface area contributed by atoms with E-state index < -0.39 is 28.5 Å². The number of anilines is 1. The third-order valence-electron chi connectivity index (χ3n) is 8.40. The number of halogens is 2. The summed E-state index contributed by atoms with van der Waals surface area (Å²) in [6.07, 6.45) is 7.86. The minimum atomic E-state index is -0.804. The molecular weight excluding hydrogens is 462 g/mol. The molecule has 8 heteroatoms. The molecule has 184 valence electrons. The lowest BCUT2D eigenvalue weighted by molar-refractivity contribution is 0.0910. The van der Waals surface area contributed by atoms with Gasteiger partial charge in [0, 0.05) is 25.4 Å². The number of pyridine rings is 2. The summed E-state index contributed by atoms with van der Waals surface area (Å²) >= 11 is 0. The zero-order valence-corrected chi connectivity index (χ0v) is 19.9. The van der Waals surface area contributed by atoms with E-state index in [-0.39, 0.29) is 22.3 Å². The molecule has 4 aliphatic rings. The van der Waals surface area contributed by atoms with Gasteiger partial charge in [0.25, 0.3) is 5.91 Å². The van der Waals surface area contributed by atoms with E-state index in [4.69, 9.17) is 0 Å². The third-order valence-corrected chi connectivity index (χ3v) is 8.40. The van der Waals surface area contributed by atoms with Gasteiger partial charge in [-0.2, -0.15) is 0 Å². The highest BCUT2D eigenvalue weighted by Crippen LogP contribution is 2.57. The second kappa shape index (κ2) is 7.48. The molecule has 0 radical (unpaired) electrons. The van der Waals surface area contributed by atoms with Crippen molar-refractivity contribution < 1.29 is 13.6 Å². The van der Waals surface area contributed by atoms with E-state index in [0.29, 0.717) is 17.7 Å². The molecule has 3 heterocycles. The number of allylic oxidation sites excluding steroid dienone is 1. The van der Waals surface area contributed by atoms with Gasteiger partial charge in [-0.1, -0.05) is 11.6 Å². The molecule has 4 atom stereocenters. The van der Waals surface area contributed by atoms with E-state index in [2.05, 4.69) is 16.4 Å². The van der Waals surface area contributed by atoms with Crippen LogP contribution in [0.25, 0.3) is 16.7 Å². The molecule has 1 amide bonds. The molecule has 1 saturated heterocycles. The predicted octanol–water partition coefficient (Wildman–Crippen LogP) is 4.35. The van der Waals surface area contributed by atoms with Crippen LogP contribution in [0.2, 0.25) is 0 Å². The fourth-order valence-corrected chi connectivity index (χ4v) is 6.70. The van der Waals surface area contributed by atoms with Gasteiger partial charge in [-0.25, -0.2) is 13.8 Å². The van der Waals surface area contributed by atoms with Crippen LogP contribution in [0.1, 0.15) is 43.0 Å². The van der Waals surface area contributed by atoms with E-state index in [9.17, 15) is 18.4 Å². The number of carbonyl (C=O) groups excluding carboxylic acids is 1. The van der Waals surface area contributed by atoms with Crippen molar-refractivity contribution in [3.8, 4) is 5.69 Å². The molecule has 4 unspecified atom stereocenters. The molecule has 36 heavy (non-hydrogen) atoms. The summed E-state index contributed by atoms with van der Waals surface area (Å²) in [5.41, 5.74) is 0.568. The highest BCUT2D eigenvalue weighted by Gasteiger charge is 2.49. The zero-order valence-electron chi connectivity index (χ0n) is 19.9. The number of nitrogens with zero attached hydrogens (tertiary/aromatic N) is 3. The summed E-state index contributed by atoms with van der Waals surface area (Å²) in [7, 11) is 0. The highest BCUT2D eigenvalue weighted by atomic mass is 19.1. The van der Waals surface area contributed by atoms with E-state index in [0.717, 1.165) is 44.0 Å². The summed E-state index contributed by atoms with van der Waals surface area (Å²) < 4.78 is 30.0. The van der Waals surface area contributed by atoms with Crippen LogP contribution in [0.4, 0.5) is 14.6 Å². The molecule has 3 aromatic rings. The van der Waals surface area contributed by atoms with Gasteiger partial charge in [-0.15, -0.1) is 0 Å². The molecule has 0 spiro atoms. The number of benzene rings is 1. The van der Waals surface area contributed by atoms with Crippen molar-refractivity contribution in [2.24, 2.45) is 17.8 Å². The average Bonchev–Trinajstić information content (AvgIpc) is 3.62. The van der Waals surface area contributed by atoms with Gasteiger partial charge >= 0.3 is 0 Å². The van der Waals surface area contributed by atoms with Gasteiger partial charge in [0.2, 0.25) is 5.43 Å². The smallest absolute Gasteiger partial charge is 0.257 e. The summed E-state index contributed by atoms with van der Waals surface area (Å²) in [5.74, 6) is 0.659. The predicted molar refractivity (Wildman–Crippen MR) is 132 cm³/mol. The monoisotopic (exact) mass is 488 g/mol. The molecule has 6 nitrogen and oxygen atoms in total. The number of carbonyl (C=O) groups is 1. The quantitative estimate of drug-likeness (QED) is 0.438. The first-order valence-corrected chi connectivity index (χ1v) is 12.6. The Morgan fingerprint density at radius 3 is 2.78 bits per heavy atom. The molecule has 1 aromatic carbocycles. The Morgan fingerprint density at radius 1 is 1.17 bits per heavy atom. The molecule has 7 rings (SSSR count). The maximum absolute atomic E-state index is 14.9. The van der Waals surface area contributed by atoms with Crippen molar-refractivity contribution in [2.75, 3.05) is 18.0 Å². The largest absolute Gasteiger partial charge is 0.353 e. The number of rotatable bonds is 4. The number of hydrogen-bond donors (Lipinski definition) is 1. The van der Waals surface area contributed by atoms with Gasteiger partial charge in [0.1, 0.15) is 23.0 Å². The normalized spacial score (nSPS) is 27.9. The number of nitrogens with one attached hydrogen (secondary N) is 1. The lowest BCUT2D eigenvalue weighted by atomic mass is 9.69. The second-order valence-corrected chi connectivity index (χ2v) is 11.1. The molecule has 2 saturated carbocycles. The minimum absolute atomic E-state index is 0.0199. The van der Waals surface area contributed by atoms with E-state index >= 15 is 0 Å². The Morgan fingerprint density at radius 2 is 2.00 bits per heavy atom. The maximum Gasteiger partial charge on any atom is 0.257 e. The van der Waals surface area contributed by atoms with E-state index in [1.807, 2.05) is 11.8 Å². The van der Waals surface area contributed by atoms with Gasteiger partial charge in [-0.3, -0.25) is 14.2 Å². The second-order valence-electron chi connectivity index (χ2n) is 11.1. The van der Waals surface area contributed by atoms with E-state index in [1.54, 1.807) is 12.1 Å². The van der Waals surface area contributed by atoms with Crippen molar-refractivity contribution in [3.05, 3.63) is 75.6 Å². The summed E-state index contributed by atoms with van der Waals surface area (Å²) in [6.45, 7) is 3.72. The van der Waals surface area contributed by atoms with Gasteiger partial charge < -0.3 is 10.2 Å². The Kier molecular flexibility index (Phi) is 4.51. The number of fused-ring (bicyclic) bond motifs is 2. The van der Waals surface area contributed by atoms with Crippen LogP contribution >= 0.6 is 0 Å². The van der Waals surface area contributed by atoms with Crippen LogP contribution in [-0.2, 0) is 0 Å². The lowest BCUT2D eigenvalue weighted by Gasteiger charge is -2.39. The van der Waals surface area contributed by atoms with Crippen LogP contribution in [0.5, 0.6) is 0 Å². The molecule has 2 aromatic heterocycles. The van der Waals surface area contributed by atoms with Gasteiger partial charge in [-0.05, 0) is 74.6 Å². The molecule has 3 fully saturated rings. The molecule has 2 bridgehead atoms. The highest BCUT2D eigenvalue weighted by molar-refractivity contribution is 5.98. The SMILES string of the molecule is CC1(NC(=O)c2cn(-c3ccc(F)cc3F)c3nc(N4CC4)ccc3c2=O)C=C2CC3CC(CC23)C1. The Balaban J connectivity index is 1.34. The van der Waals surface area contributed by atoms with Crippen LogP contribution in [0, 0.1) is 29.4 Å². The Hall–Kier alpha value is -3.55. The third kappa shape index (κ3) is 3.38. The van der Waals surface area contributed by atoms with Crippen molar-refractivity contribution in [1.29, 1.82) is 0 Å². The van der Waals surface area contributed by atoms with Crippen molar-refractivity contribution in [2.45, 2.75) is 38.1 Å². The van der Waals surface area contributed by atoms with E-state index in [1.165, 1.54) is 35.2 Å². The molecule has 1 aliphatic heterocycles. The average molecular weight is 489 g/mol. The number of aromatic nitrogens is 2. The van der Waals surface area contributed by atoms with Gasteiger partial charge in [0.05, 0.1) is 16.6 Å². The van der Waals surface area contributed by atoms with Crippen LogP contribution in [0.15, 0.2) is 53.0 Å². The van der Waals surface area contributed by atoms with Gasteiger partial charge in [0.15, 0.2) is 5.65 Å².